The number of halogens is 1. The van der Waals surface area contributed by atoms with Crippen molar-refractivity contribution in [3.63, 3.8) is 0 Å². The maximum Gasteiger partial charge on any atom is 0.407 e. The normalized spacial score (nSPS) is 13.4. The Morgan fingerprint density at radius 3 is 2.33 bits per heavy atom. The first kappa shape index (κ1) is 20.8. The summed E-state index contributed by atoms with van der Waals surface area (Å²) < 4.78 is 19.4. The SMILES string of the molecule is O=C(N[C@@H](Cc1c[nH]c2c(F)cccc12)C(=O)O)OCC1c2ccccc2-c2ccccc21. The molecule has 0 unspecified atom stereocenters. The molecule has 1 aliphatic carbocycles. The standard InChI is InChI=1S/C26H21FN2O4/c27-22-11-5-10-16-15(13-28-24(16)22)12-23(25(30)31)29-26(32)33-14-21-19-8-3-1-6-17(19)18-7-2-4-9-20(18)21/h1-11,13,21,23,28H,12,14H2,(H,29,32)(H,30,31)/t23-/m0/s1. The zero-order chi connectivity index (χ0) is 22.9. The molecule has 7 heteroatoms. The Bertz CT molecular complexity index is 1320. The van der Waals surface area contributed by atoms with E-state index in [4.69, 9.17) is 4.74 Å². The van der Waals surface area contributed by atoms with Crippen LogP contribution in [0.2, 0.25) is 0 Å². The molecule has 3 aromatic carbocycles. The number of hydrogen-bond acceptors (Lipinski definition) is 3. The largest absolute Gasteiger partial charge is 0.480 e. The zero-order valence-corrected chi connectivity index (χ0v) is 17.5. The van der Waals surface area contributed by atoms with Crippen molar-refractivity contribution >= 4 is 23.0 Å². The molecule has 0 bridgehead atoms. The first-order valence-electron chi connectivity index (χ1n) is 10.6. The smallest absolute Gasteiger partial charge is 0.407 e. The highest BCUT2D eigenvalue weighted by Crippen LogP contribution is 2.44. The average molecular weight is 444 g/mol. The number of carbonyl (C=O) groups excluding carboxylic acids is 1. The van der Waals surface area contributed by atoms with Crippen molar-refractivity contribution in [1.29, 1.82) is 0 Å². The minimum absolute atomic E-state index is 0.0109. The summed E-state index contributed by atoms with van der Waals surface area (Å²) in [6.07, 6.45) is 0.738. The van der Waals surface area contributed by atoms with Gasteiger partial charge in [-0.25, -0.2) is 14.0 Å². The zero-order valence-electron chi connectivity index (χ0n) is 17.5. The Balaban J connectivity index is 1.29. The van der Waals surface area contributed by atoms with Gasteiger partial charge in [-0.3, -0.25) is 0 Å². The van der Waals surface area contributed by atoms with Crippen molar-refractivity contribution in [2.45, 2.75) is 18.4 Å². The third-order valence-corrected chi connectivity index (χ3v) is 6.11. The van der Waals surface area contributed by atoms with Gasteiger partial charge < -0.3 is 20.1 Å². The van der Waals surface area contributed by atoms with E-state index in [1.807, 2.05) is 48.5 Å². The quantitative estimate of drug-likeness (QED) is 0.397. The lowest BCUT2D eigenvalue weighted by molar-refractivity contribution is -0.139. The highest BCUT2D eigenvalue weighted by atomic mass is 19.1. The Morgan fingerprint density at radius 2 is 1.67 bits per heavy atom. The fourth-order valence-corrected chi connectivity index (χ4v) is 4.55. The highest BCUT2D eigenvalue weighted by molar-refractivity contribution is 5.86. The van der Waals surface area contributed by atoms with Gasteiger partial charge in [0.25, 0.3) is 0 Å². The number of carboxylic acids is 1. The summed E-state index contributed by atoms with van der Waals surface area (Å²) in [6.45, 7) is 0.0878. The monoisotopic (exact) mass is 444 g/mol. The summed E-state index contributed by atoms with van der Waals surface area (Å²) in [4.78, 5) is 27.1. The van der Waals surface area contributed by atoms with Crippen LogP contribution < -0.4 is 5.32 Å². The molecule has 166 valence electrons. The molecule has 3 N–H and O–H groups in total. The van der Waals surface area contributed by atoms with Gasteiger partial charge in [0, 0.05) is 23.9 Å². The third kappa shape index (κ3) is 3.82. The Labute approximate surface area is 189 Å². The van der Waals surface area contributed by atoms with Crippen LogP contribution >= 0.6 is 0 Å². The average Bonchev–Trinajstić information content (AvgIpc) is 3.37. The van der Waals surface area contributed by atoms with Crippen molar-refractivity contribution in [1.82, 2.24) is 10.3 Å². The second kappa shape index (κ2) is 8.43. The van der Waals surface area contributed by atoms with Crippen molar-refractivity contribution < 1.29 is 23.8 Å². The van der Waals surface area contributed by atoms with E-state index < -0.39 is 23.9 Å². The maximum atomic E-state index is 13.9. The molecular weight excluding hydrogens is 423 g/mol. The molecule has 1 heterocycles. The van der Waals surface area contributed by atoms with Gasteiger partial charge in [-0.2, -0.15) is 0 Å². The van der Waals surface area contributed by atoms with E-state index in [0.29, 0.717) is 16.5 Å². The summed E-state index contributed by atoms with van der Waals surface area (Å²) >= 11 is 0. The summed E-state index contributed by atoms with van der Waals surface area (Å²) in [7, 11) is 0. The van der Waals surface area contributed by atoms with Crippen molar-refractivity contribution in [3.8, 4) is 11.1 Å². The number of aromatic amines is 1. The van der Waals surface area contributed by atoms with Crippen LogP contribution in [-0.4, -0.2) is 34.8 Å². The number of alkyl carbamates (subject to hydrolysis) is 1. The molecule has 0 saturated carbocycles. The molecule has 1 amide bonds. The van der Waals surface area contributed by atoms with E-state index in [-0.39, 0.29) is 18.9 Å². The molecule has 6 nitrogen and oxygen atoms in total. The van der Waals surface area contributed by atoms with E-state index in [1.54, 1.807) is 18.3 Å². The number of benzene rings is 3. The molecule has 0 aliphatic heterocycles. The number of ether oxygens (including phenoxy) is 1. The number of amides is 1. The number of hydrogen-bond donors (Lipinski definition) is 3. The lowest BCUT2D eigenvalue weighted by Gasteiger charge is -2.17. The van der Waals surface area contributed by atoms with Gasteiger partial charge >= 0.3 is 12.1 Å². The summed E-state index contributed by atoms with van der Waals surface area (Å²) in [5.41, 5.74) is 5.26. The first-order chi connectivity index (χ1) is 16.0. The summed E-state index contributed by atoms with van der Waals surface area (Å²) in [5.74, 6) is -1.74. The second-order valence-electron chi connectivity index (χ2n) is 8.04. The van der Waals surface area contributed by atoms with E-state index in [2.05, 4.69) is 10.3 Å². The van der Waals surface area contributed by atoms with Crippen LogP contribution in [-0.2, 0) is 16.0 Å². The molecule has 1 aromatic heterocycles. The van der Waals surface area contributed by atoms with Gasteiger partial charge in [0.1, 0.15) is 18.5 Å². The fraction of sp³-hybridized carbons (Fsp3) is 0.154. The van der Waals surface area contributed by atoms with Gasteiger partial charge in [0.05, 0.1) is 5.52 Å². The fourth-order valence-electron chi connectivity index (χ4n) is 4.55. The number of rotatable bonds is 6. The molecule has 0 fully saturated rings. The Morgan fingerprint density at radius 1 is 1.00 bits per heavy atom. The molecule has 1 atom stereocenters. The second-order valence-corrected chi connectivity index (χ2v) is 8.04. The van der Waals surface area contributed by atoms with Crippen LogP contribution in [0.5, 0.6) is 0 Å². The minimum Gasteiger partial charge on any atom is -0.480 e. The highest BCUT2D eigenvalue weighted by Gasteiger charge is 2.30. The van der Waals surface area contributed by atoms with Crippen molar-refractivity contribution in [2.24, 2.45) is 0 Å². The third-order valence-electron chi connectivity index (χ3n) is 6.11. The lowest BCUT2D eigenvalue weighted by Crippen LogP contribution is -2.42. The lowest BCUT2D eigenvalue weighted by atomic mass is 9.98. The first-order valence-corrected chi connectivity index (χ1v) is 10.6. The number of carboxylic acid groups (broad SMARTS) is 1. The van der Waals surface area contributed by atoms with Crippen LogP contribution in [0.4, 0.5) is 9.18 Å². The number of H-pyrrole nitrogens is 1. The van der Waals surface area contributed by atoms with E-state index in [0.717, 1.165) is 22.3 Å². The topological polar surface area (TPSA) is 91.4 Å². The molecule has 1 aliphatic rings. The van der Waals surface area contributed by atoms with Gasteiger partial charge in [-0.15, -0.1) is 0 Å². The predicted molar refractivity (Wildman–Crippen MR) is 122 cm³/mol. The number of para-hydroxylation sites is 1. The van der Waals surface area contributed by atoms with Gasteiger partial charge in [0.15, 0.2) is 0 Å². The van der Waals surface area contributed by atoms with Crippen LogP contribution in [0, 0.1) is 5.82 Å². The predicted octanol–water partition coefficient (Wildman–Crippen LogP) is 4.84. The number of fused-ring (bicyclic) bond motifs is 4. The number of nitrogens with one attached hydrogen (secondary N) is 2. The summed E-state index contributed by atoms with van der Waals surface area (Å²) in [5, 5.41) is 12.7. The van der Waals surface area contributed by atoms with E-state index >= 15 is 0 Å². The molecule has 4 aromatic rings. The molecule has 5 rings (SSSR count). The number of aromatic nitrogens is 1. The molecular formula is C26H21FN2O4. The Hall–Kier alpha value is -4.13. The van der Waals surface area contributed by atoms with Crippen LogP contribution in [0.25, 0.3) is 22.0 Å². The van der Waals surface area contributed by atoms with Gasteiger partial charge in [-0.05, 0) is 33.9 Å². The number of carbonyl (C=O) groups is 2. The summed E-state index contributed by atoms with van der Waals surface area (Å²) in [6, 6.07) is 19.3. The van der Waals surface area contributed by atoms with Crippen LogP contribution in [0.15, 0.2) is 72.9 Å². The van der Waals surface area contributed by atoms with E-state index in [1.165, 1.54) is 6.07 Å². The van der Waals surface area contributed by atoms with Gasteiger partial charge in [0.2, 0.25) is 0 Å². The molecule has 0 radical (unpaired) electrons. The number of aliphatic carboxylic acids is 1. The molecule has 0 spiro atoms. The van der Waals surface area contributed by atoms with Crippen LogP contribution in [0.3, 0.4) is 0 Å². The maximum absolute atomic E-state index is 13.9. The van der Waals surface area contributed by atoms with Crippen molar-refractivity contribution in [3.05, 3.63) is 95.4 Å². The Kier molecular flexibility index (Phi) is 5.30. The van der Waals surface area contributed by atoms with Crippen LogP contribution in [0.1, 0.15) is 22.6 Å². The minimum atomic E-state index is -1.22. The van der Waals surface area contributed by atoms with E-state index in [9.17, 15) is 19.1 Å². The molecule has 0 saturated heterocycles. The van der Waals surface area contributed by atoms with Gasteiger partial charge in [-0.1, -0.05) is 60.7 Å². The molecule has 33 heavy (non-hydrogen) atoms. The van der Waals surface area contributed by atoms with Crippen molar-refractivity contribution in [2.75, 3.05) is 6.61 Å².